The van der Waals surface area contributed by atoms with Crippen LogP contribution in [0.5, 0.6) is 0 Å². The third-order valence-corrected chi connectivity index (χ3v) is 3.44. The molecule has 0 amide bonds. The number of hydrogen-bond donors (Lipinski definition) is 1. The van der Waals surface area contributed by atoms with Gasteiger partial charge in [0.1, 0.15) is 0 Å². The molecular formula is C13H13N7O. The topological polar surface area (TPSA) is 94.6 Å². The van der Waals surface area contributed by atoms with Crippen molar-refractivity contribution in [1.29, 1.82) is 0 Å². The quantitative estimate of drug-likeness (QED) is 0.743. The Kier molecular flexibility index (Phi) is 2.93. The highest BCUT2D eigenvalue weighted by molar-refractivity contribution is 5.43. The number of hydrogen-bond acceptors (Lipinski definition) is 7. The molecule has 4 heterocycles. The van der Waals surface area contributed by atoms with Gasteiger partial charge in [0.15, 0.2) is 11.5 Å². The van der Waals surface area contributed by atoms with Gasteiger partial charge in [-0.15, -0.1) is 5.10 Å². The van der Waals surface area contributed by atoms with Crippen LogP contribution >= 0.6 is 0 Å². The number of aromatic nitrogens is 6. The van der Waals surface area contributed by atoms with E-state index in [1.807, 2.05) is 23.0 Å². The van der Waals surface area contributed by atoms with E-state index >= 15 is 0 Å². The molecule has 3 aromatic heterocycles. The van der Waals surface area contributed by atoms with Crippen LogP contribution in [0.15, 0.2) is 35.2 Å². The van der Waals surface area contributed by atoms with E-state index in [0.29, 0.717) is 29.9 Å². The lowest BCUT2D eigenvalue weighted by Gasteiger charge is -2.26. The van der Waals surface area contributed by atoms with Crippen molar-refractivity contribution in [3.8, 4) is 11.6 Å². The van der Waals surface area contributed by atoms with E-state index in [-0.39, 0.29) is 0 Å². The zero-order valence-electron chi connectivity index (χ0n) is 11.2. The molecule has 106 valence electrons. The highest BCUT2D eigenvalue weighted by atomic mass is 16.5. The van der Waals surface area contributed by atoms with Crippen LogP contribution in [0, 0.1) is 0 Å². The lowest BCUT2D eigenvalue weighted by Crippen LogP contribution is -2.43. The number of nitrogens with zero attached hydrogens (tertiary/aromatic N) is 6. The standard InChI is InChI=1S/C13H13N7O/c1-3-14-4-2-9(1)5-12-16-13(21-18-12)11-8-20(19-17-11)10-6-15-7-10/h1-4,8,10,15H,5-7H2. The zero-order valence-corrected chi connectivity index (χ0v) is 11.2. The molecule has 8 heteroatoms. The fourth-order valence-corrected chi connectivity index (χ4v) is 2.13. The fraction of sp³-hybridized carbons (Fsp3) is 0.308. The molecule has 0 unspecified atom stereocenters. The van der Waals surface area contributed by atoms with Crippen LogP contribution in [0.1, 0.15) is 17.4 Å². The van der Waals surface area contributed by atoms with Gasteiger partial charge in [-0.25, -0.2) is 4.68 Å². The van der Waals surface area contributed by atoms with Gasteiger partial charge in [0.25, 0.3) is 5.89 Å². The largest absolute Gasteiger partial charge is 0.332 e. The zero-order chi connectivity index (χ0) is 14.1. The Bertz CT molecular complexity index is 732. The molecule has 0 radical (unpaired) electrons. The minimum atomic E-state index is 0.366. The van der Waals surface area contributed by atoms with Crippen molar-refractivity contribution in [1.82, 2.24) is 35.4 Å². The molecule has 0 saturated carbocycles. The minimum Gasteiger partial charge on any atom is -0.332 e. The molecule has 1 N–H and O–H groups in total. The normalized spacial score (nSPS) is 15.0. The lowest BCUT2D eigenvalue weighted by atomic mass is 10.2. The molecule has 0 spiro atoms. The van der Waals surface area contributed by atoms with Crippen LogP contribution in [-0.4, -0.2) is 43.2 Å². The van der Waals surface area contributed by atoms with Crippen LogP contribution in [0.2, 0.25) is 0 Å². The first-order valence-corrected chi connectivity index (χ1v) is 6.73. The van der Waals surface area contributed by atoms with Crippen LogP contribution in [0.4, 0.5) is 0 Å². The van der Waals surface area contributed by atoms with Crippen molar-refractivity contribution in [2.24, 2.45) is 0 Å². The first kappa shape index (κ1) is 12.2. The summed E-state index contributed by atoms with van der Waals surface area (Å²) in [6.45, 7) is 1.83. The van der Waals surface area contributed by atoms with E-state index in [2.05, 4.69) is 30.8 Å². The molecule has 0 aliphatic carbocycles. The molecule has 3 aromatic rings. The summed E-state index contributed by atoms with van der Waals surface area (Å²) in [6.07, 6.45) is 5.94. The predicted molar refractivity (Wildman–Crippen MR) is 72.3 cm³/mol. The van der Waals surface area contributed by atoms with Crippen LogP contribution in [0.3, 0.4) is 0 Å². The van der Waals surface area contributed by atoms with Gasteiger partial charge < -0.3 is 9.84 Å². The summed E-state index contributed by atoms with van der Waals surface area (Å²) < 4.78 is 7.09. The third-order valence-electron chi connectivity index (χ3n) is 3.44. The summed E-state index contributed by atoms with van der Waals surface area (Å²) in [5.74, 6) is 1.02. The van der Waals surface area contributed by atoms with Crippen LogP contribution in [-0.2, 0) is 6.42 Å². The minimum absolute atomic E-state index is 0.366. The maximum Gasteiger partial charge on any atom is 0.280 e. The smallest absolute Gasteiger partial charge is 0.280 e. The Labute approximate surface area is 120 Å². The van der Waals surface area contributed by atoms with Crippen molar-refractivity contribution in [2.75, 3.05) is 13.1 Å². The second-order valence-electron chi connectivity index (χ2n) is 4.94. The van der Waals surface area contributed by atoms with Crippen molar-refractivity contribution in [3.63, 3.8) is 0 Å². The molecule has 1 fully saturated rings. The van der Waals surface area contributed by atoms with Gasteiger partial charge in [0, 0.05) is 31.9 Å². The summed E-state index contributed by atoms with van der Waals surface area (Å²) in [4.78, 5) is 8.34. The molecule has 0 bridgehead atoms. The van der Waals surface area contributed by atoms with Crippen molar-refractivity contribution in [2.45, 2.75) is 12.5 Å². The molecule has 1 saturated heterocycles. The van der Waals surface area contributed by atoms with E-state index in [4.69, 9.17) is 4.52 Å². The van der Waals surface area contributed by atoms with Gasteiger partial charge in [-0.1, -0.05) is 10.4 Å². The lowest BCUT2D eigenvalue weighted by molar-refractivity contribution is 0.313. The maximum atomic E-state index is 5.26. The Morgan fingerprint density at radius 3 is 2.90 bits per heavy atom. The van der Waals surface area contributed by atoms with Gasteiger partial charge in [-0.2, -0.15) is 4.98 Å². The van der Waals surface area contributed by atoms with Crippen molar-refractivity contribution in [3.05, 3.63) is 42.1 Å². The second kappa shape index (κ2) is 5.06. The van der Waals surface area contributed by atoms with Gasteiger partial charge in [0.05, 0.1) is 12.2 Å². The van der Waals surface area contributed by atoms with E-state index in [0.717, 1.165) is 18.7 Å². The molecular weight excluding hydrogens is 270 g/mol. The second-order valence-corrected chi connectivity index (χ2v) is 4.94. The predicted octanol–water partition coefficient (Wildman–Crippen LogP) is 0.458. The summed E-state index contributed by atoms with van der Waals surface area (Å²) in [5.41, 5.74) is 1.69. The van der Waals surface area contributed by atoms with Crippen molar-refractivity contribution < 1.29 is 4.52 Å². The first-order chi connectivity index (χ1) is 10.4. The van der Waals surface area contributed by atoms with Crippen molar-refractivity contribution >= 4 is 0 Å². The molecule has 1 aliphatic rings. The van der Waals surface area contributed by atoms with E-state index in [1.165, 1.54) is 0 Å². The Hall–Kier alpha value is -2.61. The molecule has 1 aliphatic heterocycles. The van der Waals surface area contributed by atoms with Gasteiger partial charge in [-0.3, -0.25) is 4.98 Å². The summed E-state index contributed by atoms with van der Waals surface area (Å²) >= 11 is 0. The highest BCUT2D eigenvalue weighted by Gasteiger charge is 2.21. The first-order valence-electron chi connectivity index (χ1n) is 6.73. The Balaban J connectivity index is 1.52. The maximum absolute atomic E-state index is 5.26. The van der Waals surface area contributed by atoms with E-state index < -0.39 is 0 Å². The Morgan fingerprint density at radius 1 is 1.29 bits per heavy atom. The molecule has 8 nitrogen and oxygen atoms in total. The number of rotatable bonds is 4. The summed E-state index contributed by atoms with van der Waals surface area (Å²) in [6, 6.07) is 4.22. The molecule has 21 heavy (non-hydrogen) atoms. The summed E-state index contributed by atoms with van der Waals surface area (Å²) in [7, 11) is 0. The van der Waals surface area contributed by atoms with Crippen LogP contribution in [0.25, 0.3) is 11.6 Å². The SMILES string of the molecule is c1cc(Cc2noc(-c3cn(C4CNC4)nn3)n2)ccn1. The Morgan fingerprint density at radius 2 is 2.14 bits per heavy atom. The fourth-order valence-electron chi connectivity index (χ4n) is 2.13. The average Bonchev–Trinajstić information content (AvgIpc) is 3.07. The monoisotopic (exact) mass is 283 g/mol. The number of nitrogens with one attached hydrogen (secondary N) is 1. The highest BCUT2D eigenvalue weighted by Crippen LogP contribution is 2.17. The van der Waals surface area contributed by atoms with Crippen LogP contribution < -0.4 is 5.32 Å². The summed E-state index contributed by atoms with van der Waals surface area (Å²) in [5, 5.41) is 15.4. The molecule has 4 rings (SSSR count). The molecule has 0 atom stereocenters. The van der Waals surface area contributed by atoms with Gasteiger partial charge in [0.2, 0.25) is 0 Å². The van der Waals surface area contributed by atoms with E-state index in [9.17, 15) is 0 Å². The van der Waals surface area contributed by atoms with E-state index in [1.54, 1.807) is 12.4 Å². The average molecular weight is 283 g/mol. The molecule has 0 aromatic carbocycles. The van der Waals surface area contributed by atoms with Gasteiger partial charge in [-0.05, 0) is 17.7 Å². The third kappa shape index (κ3) is 2.40. The van der Waals surface area contributed by atoms with Gasteiger partial charge >= 0.3 is 0 Å². The number of pyridine rings is 1.